The van der Waals surface area contributed by atoms with Crippen molar-refractivity contribution >= 4 is 12.1 Å². The van der Waals surface area contributed by atoms with Crippen LogP contribution in [0.15, 0.2) is 48.5 Å². The minimum atomic E-state index is -0.337. The molecule has 0 aliphatic carbocycles. The van der Waals surface area contributed by atoms with Crippen LogP contribution in [0.1, 0.15) is 36.5 Å². The molecule has 162 valence electrons. The van der Waals surface area contributed by atoms with E-state index in [1.165, 1.54) is 0 Å². The predicted molar refractivity (Wildman–Crippen MR) is 113 cm³/mol. The van der Waals surface area contributed by atoms with Gasteiger partial charge in [-0.05, 0) is 55.2 Å². The monoisotopic (exact) mass is 422 g/mol. The first-order valence-electron chi connectivity index (χ1n) is 10.4. The first-order chi connectivity index (χ1) is 15.1. The first kappa shape index (κ1) is 22.2. The lowest BCUT2D eigenvalue weighted by Crippen LogP contribution is -2.36. The number of ether oxygens (including phenoxy) is 3. The molecule has 7 heteroatoms. The molecule has 1 fully saturated rings. The molecule has 1 aliphatic heterocycles. The minimum absolute atomic E-state index is 0.0555. The van der Waals surface area contributed by atoms with Crippen LogP contribution in [-0.2, 0) is 27.3 Å². The van der Waals surface area contributed by atoms with Crippen molar-refractivity contribution in [3.63, 3.8) is 0 Å². The van der Waals surface area contributed by atoms with Crippen molar-refractivity contribution in [3.8, 4) is 11.8 Å². The number of hydrogen-bond acceptors (Lipinski definition) is 6. The summed E-state index contributed by atoms with van der Waals surface area (Å²) in [6.07, 6.45) is 1.17. The second-order valence-corrected chi connectivity index (χ2v) is 7.28. The first-order valence-corrected chi connectivity index (χ1v) is 10.4. The van der Waals surface area contributed by atoms with Crippen molar-refractivity contribution in [2.24, 2.45) is 0 Å². The predicted octanol–water partition coefficient (Wildman–Crippen LogP) is 3.84. The third-order valence-corrected chi connectivity index (χ3v) is 5.04. The smallest absolute Gasteiger partial charge is 0.410 e. The SMILES string of the molecule is CCOC(=O)CCCN1C(=O)OC[C@H]1Cc1ccc(OCc2ccc(C#N)cc2)cc1. The van der Waals surface area contributed by atoms with Crippen LogP contribution in [0.4, 0.5) is 4.79 Å². The number of cyclic esters (lactones) is 1. The molecule has 0 bridgehead atoms. The lowest BCUT2D eigenvalue weighted by molar-refractivity contribution is -0.143. The van der Waals surface area contributed by atoms with Crippen LogP contribution in [0, 0.1) is 11.3 Å². The molecule has 0 N–H and O–H groups in total. The third-order valence-electron chi connectivity index (χ3n) is 5.04. The van der Waals surface area contributed by atoms with Crippen LogP contribution < -0.4 is 4.74 Å². The van der Waals surface area contributed by atoms with Gasteiger partial charge in [-0.2, -0.15) is 5.26 Å². The van der Waals surface area contributed by atoms with Gasteiger partial charge < -0.3 is 19.1 Å². The summed E-state index contributed by atoms with van der Waals surface area (Å²) < 4.78 is 15.9. The Hall–Kier alpha value is -3.53. The zero-order valence-electron chi connectivity index (χ0n) is 17.6. The number of nitriles is 1. The molecule has 2 aromatic carbocycles. The fraction of sp³-hybridized carbons (Fsp3) is 0.375. The highest BCUT2D eigenvalue weighted by Crippen LogP contribution is 2.20. The average molecular weight is 422 g/mol. The van der Waals surface area contributed by atoms with E-state index in [1.807, 2.05) is 36.4 Å². The summed E-state index contributed by atoms with van der Waals surface area (Å²) in [5, 5.41) is 8.85. The largest absolute Gasteiger partial charge is 0.489 e. The van der Waals surface area contributed by atoms with Crippen LogP contribution in [0.2, 0.25) is 0 Å². The van der Waals surface area contributed by atoms with E-state index in [0.717, 1.165) is 16.9 Å². The average Bonchev–Trinajstić information content (AvgIpc) is 3.13. The van der Waals surface area contributed by atoms with Crippen LogP contribution >= 0.6 is 0 Å². The summed E-state index contributed by atoms with van der Waals surface area (Å²) in [6, 6.07) is 17.1. The third kappa shape index (κ3) is 6.48. The standard InChI is InChI=1S/C24H26N2O5/c1-2-29-23(27)4-3-13-26-21(17-31-24(26)28)14-18-9-11-22(12-10-18)30-16-20-7-5-19(15-25)6-8-20/h5-12,21H,2-4,13-14,16-17H2,1H3/t21-/m1/s1. The van der Waals surface area contributed by atoms with E-state index >= 15 is 0 Å². The molecular weight excluding hydrogens is 396 g/mol. The maximum atomic E-state index is 12.0. The molecule has 1 aliphatic rings. The molecule has 0 saturated carbocycles. The molecule has 7 nitrogen and oxygen atoms in total. The van der Waals surface area contributed by atoms with Crippen molar-refractivity contribution in [2.45, 2.75) is 38.8 Å². The van der Waals surface area contributed by atoms with Gasteiger partial charge in [0.15, 0.2) is 0 Å². The fourth-order valence-corrected chi connectivity index (χ4v) is 3.40. The van der Waals surface area contributed by atoms with Gasteiger partial charge in [-0.3, -0.25) is 4.79 Å². The van der Waals surface area contributed by atoms with E-state index in [9.17, 15) is 9.59 Å². The number of esters is 1. The van der Waals surface area contributed by atoms with Gasteiger partial charge in [0.05, 0.1) is 24.3 Å². The van der Waals surface area contributed by atoms with Crippen molar-refractivity contribution in [2.75, 3.05) is 19.8 Å². The topological polar surface area (TPSA) is 88.9 Å². The lowest BCUT2D eigenvalue weighted by Gasteiger charge is -2.21. The second-order valence-electron chi connectivity index (χ2n) is 7.28. The number of rotatable bonds is 10. The van der Waals surface area contributed by atoms with Crippen LogP contribution in [0.5, 0.6) is 5.75 Å². The summed E-state index contributed by atoms with van der Waals surface area (Å²) in [5.74, 6) is 0.501. The Kier molecular flexibility index (Phi) is 7.88. The van der Waals surface area contributed by atoms with Crippen LogP contribution in [0.3, 0.4) is 0 Å². The van der Waals surface area contributed by atoms with Crippen molar-refractivity contribution in [1.82, 2.24) is 4.90 Å². The van der Waals surface area contributed by atoms with Crippen molar-refractivity contribution in [3.05, 3.63) is 65.2 Å². The number of amides is 1. The Morgan fingerprint density at radius 1 is 1.16 bits per heavy atom. The summed E-state index contributed by atoms with van der Waals surface area (Å²) in [4.78, 5) is 25.2. The van der Waals surface area contributed by atoms with Crippen molar-refractivity contribution in [1.29, 1.82) is 5.26 Å². The van der Waals surface area contributed by atoms with Gasteiger partial charge in [0, 0.05) is 13.0 Å². The Labute approximate surface area is 182 Å². The number of nitrogens with zero attached hydrogens (tertiary/aromatic N) is 2. The van der Waals surface area contributed by atoms with Gasteiger partial charge in [-0.25, -0.2) is 4.79 Å². The Morgan fingerprint density at radius 3 is 2.55 bits per heavy atom. The molecule has 1 saturated heterocycles. The zero-order chi connectivity index (χ0) is 22.1. The Morgan fingerprint density at radius 2 is 1.87 bits per heavy atom. The van der Waals surface area contributed by atoms with E-state index in [1.54, 1.807) is 24.0 Å². The Bertz CT molecular complexity index is 918. The van der Waals surface area contributed by atoms with E-state index in [4.69, 9.17) is 19.5 Å². The van der Waals surface area contributed by atoms with E-state index in [2.05, 4.69) is 6.07 Å². The summed E-state index contributed by atoms with van der Waals surface area (Å²) >= 11 is 0. The molecule has 2 aromatic rings. The lowest BCUT2D eigenvalue weighted by atomic mass is 10.1. The molecule has 31 heavy (non-hydrogen) atoms. The fourth-order valence-electron chi connectivity index (χ4n) is 3.40. The highest BCUT2D eigenvalue weighted by molar-refractivity contribution is 5.71. The molecule has 1 atom stereocenters. The number of benzene rings is 2. The van der Waals surface area contributed by atoms with E-state index in [-0.39, 0.29) is 24.5 Å². The van der Waals surface area contributed by atoms with Gasteiger partial charge in [0.2, 0.25) is 0 Å². The Balaban J connectivity index is 1.49. The number of carbonyl (C=O) groups is 2. The summed E-state index contributed by atoms with van der Waals surface area (Å²) in [6.45, 7) is 3.36. The number of hydrogen-bond donors (Lipinski definition) is 0. The van der Waals surface area contributed by atoms with Gasteiger partial charge in [0.25, 0.3) is 0 Å². The minimum Gasteiger partial charge on any atom is -0.489 e. The normalized spacial score (nSPS) is 15.3. The molecular formula is C24H26N2O5. The molecule has 0 spiro atoms. The van der Waals surface area contributed by atoms with Gasteiger partial charge in [-0.15, -0.1) is 0 Å². The quantitative estimate of drug-likeness (QED) is 0.541. The molecule has 1 amide bonds. The van der Waals surface area contributed by atoms with E-state index < -0.39 is 0 Å². The number of carbonyl (C=O) groups excluding carboxylic acids is 2. The maximum Gasteiger partial charge on any atom is 0.410 e. The molecule has 1 heterocycles. The van der Waals surface area contributed by atoms with E-state index in [0.29, 0.717) is 44.8 Å². The molecule has 0 radical (unpaired) electrons. The summed E-state index contributed by atoms with van der Waals surface area (Å²) in [5.41, 5.74) is 2.69. The molecule has 0 unspecified atom stereocenters. The van der Waals surface area contributed by atoms with Gasteiger partial charge >= 0.3 is 12.1 Å². The zero-order valence-corrected chi connectivity index (χ0v) is 17.6. The van der Waals surface area contributed by atoms with Crippen molar-refractivity contribution < 1.29 is 23.8 Å². The highest BCUT2D eigenvalue weighted by Gasteiger charge is 2.32. The highest BCUT2D eigenvalue weighted by atomic mass is 16.6. The van der Waals surface area contributed by atoms with Gasteiger partial charge in [-0.1, -0.05) is 24.3 Å². The molecule has 0 aromatic heterocycles. The summed E-state index contributed by atoms with van der Waals surface area (Å²) in [7, 11) is 0. The van der Waals surface area contributed by atoms with Crippen LogP contribution in [-0.4, -0.2) is 42.8 Å². The molecule has 3 rings (SSSR count). The van der Waals surface area contributed by atoms with Gasteiger partial charge in [0.1, 0.15) is 19.0 Å². The maximum absolute atomic E-state index is 12.0. The van der Waals surface area contributed by atoms with Crippen LogP contribution in [0.25, 0.3) is 0 Å². The second kappa shape index (κ2) is 11.0.